The first-order valence-electron chi connectivity index (χ1n) is 5.30. The second kappa shape index (κ2) is 10.6. The van der Waals surface area contributed by atoms with Gasteiger partial charge in [-0.2, -0.15) is 0 Å². The number of carbonyl (C=O) groups is 1. The van der Waals surface area contributed by atoms with Crippen molar-refractivity contribution in [2.45, 2.75) is 13.0 Å². The average Bonchev–Trinajstić information content (AvgIpc) is 2.27. The van der Waals surface area contributed by atoms with Gasteiger partial charge in [-0.3, -0.25) is 0 Å². The van der Waals surface area contributed by atoms with Gasteiger partial charge in [-0.1, -0.05) is 6.08 Å². The summed E-state index contributed by atoms with van der Waals surface area (Å²) in [6.45, 7) is 4.00. The molecule has 0 amide bonds. The van der Waals surface area contributed by atoms with Crippen molar-refractivity contribution in [1.82, 2.24) is 5.32 Å². The van der Waals surface area contributed by atoms with Gasteiger partial charge in [-0.15, -0.1) is 0 Å². The Balaban J connectivity index is 3.54. The van der Waals surface area contributed by atoms with Gasteiger partial charge in [0.25, 0.3) is 0 Å². The van der Waals surface area contributed by atoms with Crippen molar-refractivity contribution in [3.63, 3.8) is 0 Å². The van der Waals surface area contributed by atoms with E-state index in [1.807, 2.05) is 0 Å². The van der Waals surface area contributed by atoms with E-state index >= 15 is 0 Å². The number of hydrogen-bond donors (Lipinski definition) is 1. The molecule has 0 aromatic rings. The van der Waals surface area contributed by atoms with Crippen LogP contribution >= 0.6 is 0 Å². The lowest BCUT2D eigenvalue weighted by molar-refractivity contribution is -0.137. The number of carbonyl (C=O) groups excluding carboxylic acids is 1. The Morgan fingerprint density at radius 3 is 2.75 bits per heavy atom. The highest BCUT2D eigenvalue weighted by Gasteiger charge is 2.04. The fourth-order valence-corrected chi connectivity index (χ4v) is 1.07. The molecule has 94 valence electrons. The van der Waals surface area contributed by atoms with E-state index in [0.717, 1.165) is 0 Å². The summed E-state index contributed by atoms with van der Waals surface area (Å²) in [5.41, 5.74) is 0. The van der Waals surface area contributed by atoms with E-state index in [-0.39, 0.29) is 12.1 Å². The smallest absolute Gasteiger partial charge is 0.330 e. The Morgan fingerprint density at radius 1 is 1.44 bits per heavy atom. The van der Waals surface area contributed by atoms with Gasteiger partial charge >= 0.3 is 5.97 Å². The number of ether oxygens (including phenoxy) is 3. The quantitative estimate of drug-likeness (QED) is 0.353. The Morgan fingerprint density at radius 2 is 2.19 bits per heavy atom. The number of rotatable bonds is 9. The zero-order chi connectivity index (χ0) is 12.2. The molecular formula is C11H21NO4. The van der Waals surface area contributed by atoms with Crippen molar-refractivity contribution in [2.24, 2.45) is 0 Å². The van der Waals surface area contributed by atoms with Crippen molar-refractivity contribution in [2.75, 3.05) is 40.5 Å². The van der Waals surface area contributed by atoms with Crippen LogP contribution in [0.4, 0.5) is 0 Å². The summed E-state index contributed by atoms with van der Waals surface area (Å²) >= 11 is 0. The topological polar surface area (TPSA) is 56.8 Å². The molecule has 5 heteroatoms. The first-order chi connectivity index (χ1) is 7.74. The van der Waals surface area contributed by atoms with Crippen LogP contribution in [-0.2, 0) is 19.0 Å². The summed E-state index contributed by atoms with van der Waals surface area (Å²) in [7, 11) is 3.27. The van der Waals surface area contributed by atoms with E-state index in [2.05, 4.69) is 5.32 Å². The van der Waals surface area contributed by atoms with Crippen LogP contribution in [0.2, 0.25) is 0 Å². The normalized spacial score (nSPS) is 12.9. The first kappa shape index (κ1) is 15.1. The number of methoxy groups -OCH3 is 2. The summed E-state index contributed by atoms with van der Waals surface area (Å²) in [5, 5.41) is 3.12. The van der Waals surface area contributed by atoms with E-state index in [9.17, 15) is 4.79 Å². The molecule has 5 nitrogen and oxygen atoms in total. The van der Waals surface area contributed by atoms with Crippen LogP contribution in [0.15, 0.2) is 12.2 Å². The average molecular weight is 231 g/mol. The van der Waals surface area contributed by atoms with Crippen molar-refractivity contribution >= 4 is 5.97 Å². The largest absolute Gasteiger partial charge is 0.463 e. The monoisotopic (exact) mass is 231 g/mol. The van der Waals surface area contributed by atoms with Crippen molar-refractivity contribution in [1.29, 1.82) is 0 Å². The molecule has 0 saturated heterocycles. The molecule has 1 atom stereocenters. The Hall–Kier alpha value is -0.910. The molecule has 16 heavy (non-hydrogen) atoms. The van der Waals surface area contributed by atoms with Crippen LogP contribution in [0.1, 0.15) is 6.92 Å². The minimum atomic E-state index is -0.315. The molecule has 0 saturated carbocycles. The molecule has 0 aromatic heterocycles. The molecule has 0 radical (unpaired) electrons. The van der Waals surface area contributed by atoms with Crippen molar-refractivity contribution in [3.8, 4) is 0 Å². The Labute approximate surface area is 96.8 Å². The second-order valence-electron chi connectivity index (χ2n) is 3.13. The van der Waals surface area contributed by atoms with E-state index in [0.29, 0.717) is 26.3 Å². The predicted molar refractivity (Wildman–Crippen MR) is 61.3 cm³/mol. The summed E-state index contributed by atoms with van der Waals surface area (Å²) in [6.07, 6.45) is 3.16. The minimum absolute atomic E-state index is 0.0287. The molecule has 1 N–H and O–H groups in total. The predicted octanol–water partition coefficient (Wildman–Crippen LogP) is 0.357. The fraction of sp³-hybridized carbons (Fsp3) is 0.727. The molecule has 0 aliphatic rings. The molecule has 0 heterocycles. The zero-order valence-electron chi connectivity index (χ0n) is 10.2. The Kier molecular flexibility index (Phi) is 10.00. The number of esters is 1. The van der Waals surface area contributed by atoms with Gasteiger partial charge in [-0.05, 0) is 6.92 Å². The molecule has 0 spiro atoms. The zero-order valence-corrected chi connectivity index (χ0v) is 10.2. The Bertz CT molecular complexity index is 206. The molecule has 0 rings (SSSR count). The van der Waals surface area contributed by atoms with Crippen LogP contribution in [0.3, 0.4) is 0 Å². The lowest BCUT2D eigenvalue weighted by atomic mass is 10.3. The maximum Gasteiger partial charge on any atom is 0.330 e. The molecule has 0 aliphatic heterocycles. The van der Waals surface area contributed by atoms with Crippen LogP contribution in [0.25, 0.3) is 0 Å². The maximum absolute atomic E-state index is 10.9. The first-order valence-corrected chi connectivity index (χ1v) is 5.30. The third-order valence-corrected chi connectivity index (χ3v) is 1.86. The van der Waals surface area contributed by atoms with Crippen molar-refractivity contribution < 1.29 is 19.0 Å². The van der Waals surface area contributed by atoms with Gasteiger partial charge in [0.15, 0.2) is 0 Å². The minimum Gasteiger partial charge on any atom is -0.463 e. The standard InChI is InChI=1S/C11H21NO4/c1-4-16-11(13)6-5-7-12-8-10(15-3)9-14-2/h5-6,10,12H,4,7-9H2,1-3H3/b6-5+. The van der Waals surface area contributed by atoms with Gasteiger partial charge in [0.05, 0.1) is 19.3 Å². The third-order valence-electron chi connectivity index (χ3n) is 1.86. The summed E-state index contributed by atoms with van der Waals surface area (Å²) in [4.78, 5) is 10.9. The van der Waals surface area contributed by atoms with Gasteiger partial charge < -0.3 is 19.5 Å². The van der Waals surface area contributed by atoms with Crippen molar-refractivity contribution in [3.05, 3.63) is 12.2 Å². The lowest BCUT2D eigenvalue weighted by Gasteiger charge is -2.13. The second-order valence-corrected chi connectivity index (χ2v) is 3.13. The summed E-state index contributed by atoms with van der Waals surface area (Å²) in [6, 6.07) is 0. The number of nitrogens with one attached hydrogen (secondary N) is 1. The highest BCUT2D eigenvalue weighted by molar-refractivity contribution is 5.81. The van der Waals surface area contributed by atoms with Gasteiger partial charge in [0, 0.05) is 33.4 Å². The van der Waals surface area contributed by atoms with E-state index in [1.54, 1.807) is 27.2 Å². The molecule has 0 aromatic carbocycles. The molecule has 0 aliphatic carbocycles. The van der Waals surface area contributed by atoms with Crippen LogP contribution in [0.5, 0.6) is 0 Å². The van der Waals surface area contributed by atoms with Crippen LogP contribution in [0, 0.1) is 0 Å². The molecule has 0 fully saturated rings. The maximum atomic E-state index is 10.9. The fourth-order valence-electron chi connectivity index (χ4n) is 1.07. The van der Waals surface area contributed by atoms with E-state index in [1.165, 1.54) is 6.08 Å². The SMILES string of the molecule is CCOC(=O)/C=C/CNCC(COC)OC. The molecular weight excluding hydrogens is 210 g/mol. The summed E-state index contributed by atoms with van der Waals surface area (Å²) < 4.78 is 14.8. The number of hydrogen-bond acceptors (Lipinski definition) is 5. The summed E-state index contributed by atoms with van der Waals surface area (Å²) in [5.74, 6) is -0.315. The van der Waals surface area contributed by atoms with Gasteiger partial charge in [0.2, 0.25) is 0 Å². The van der Waals surface area contributed by atoms with Gasteiger partial charge in [0.1, 0.15) is 0 Å². The van der Waals surface area contributed by atoms with Crippen LogP contribution < -0.4 is 5.32 Å². The highest BCUT2D eigenvalue weighted by atomic mass is 16.5. The van der Waals surface area contributed by atoms with E-state index in [4.69, 9.17) is 14.2 Å². The van der Waals surface area contributed by atoms with E-state index < -0.39 is 0 Å². The highest BCUT2D eigenvalue weighted by Crippen LogP contribution is 1.88. The lowest BCUT2D eigenvalue weighted by Crippen LogP contribution is -2.31. The third kappa shape index (κ3) is 8.40. The molecule has 0 bridgehead atoms. The van der Waals surface area contributed by atoms with Gasteiger partial charge in [-0.25, -0.2) is 4.79 Å². The van der Waals surface area contributed by atoms with Crippen LogP contribution in [-0.4, -0.2) is 52.6 Å². The molecule has 1 unspecified atom stereocenters.